The highest BCUT2D eigenvalue weighted by Crippen LogP contribution is 2.33. The third kappa shape index (κ3) is 3.68. The molecule has 36 heavy (non-hydrogen) atoms. The van der Waals surface area contributed by atoms with Gasteiger partial charge in [0.05, 0.1) is 21.7 Å². The standard InChI is InChI=1S/C26H19N3O7/c27-23-19(9-8-18-22(23)25(32)17-6-2-1-5-16(17)24(18)31)26(33)36-13-21(30)28-11-3-4-14-12-15(29(34)35)7-10-20(14)28/h1-2,5-10,12H,3-4,11,13,27H2. The maximum atomic E-state index is 13.0. The summed E-state index contributed by atoms with van der Waals surface area (Å²) in [6.45, 7) is -0.223. The van der Waals surface area contributed by atoms with Gasteiger partial charge in [-0.1, -0.05) is 24.3 Å². The van der Waals surface area contributed by atoms with E-state index >= 15 is 0 Å². The van der Waals surface area contributed by atoms with Crippen molar-refractivity contribution in [3.8, 4) is 0 Å². The molecule has 0 saturated heterocycles. The molecule has 0 atom stereocenters. The molecule has 10 heteroatoms. The molecule has 1 aliphatic heterocycles. The van der Waals surface area contributed by atoms with Crippen LogP contribution >= 0.6 is 0 Å². The van der Waals surface area contributed by atoms with Crippen molar-refractivity contribution in [2.45, 2.75) is 12.8 Å². The monoisotopic (exact) mass is 485 g/mol. The molecule has 1 amide bonds. The van der Waals surface area contributed by atoms with Crippen LogP contribution < -0.4 is 10.6 Å². The number of carbonyl (C=O) groups excluding carboxylic acids is 4. The molecule has 5 rings (SSSR count). The van der Waals surface area contributed by atoms with E-state index in [1.165, 1.54) is 41.3 Å². The first-order valence-corrected chi connectivity index (χ1v) is 11.1. The molecule has 0 saturated carbocycles. The Morgan fingerprint density at radius 3 is 2.44 bits per heavy atom. The zero-order valence-corrected chi connectivity index (χ0v) is 18.9. The first-order chi connectivity index (χ1) is 17.3. The first kappa shape index (κ1) is 22.9. The number of ether oxygens (including phenoxy) is 1. The van der Waals surface area contributed by atoms with Crippen LogP contribution in [0.15, 0.2) is 54.6 Å². The number of hydrogen-bond donors (Lipinski definition) is 1. The summed E-state index contributed by atoms with van der Waals surface area (Å²) in [7, 11) is 0. The average Bonchev–Trinajstić information content (AvgIpc) is 2.89. The predicted octanol–water partition coefficient (Wildman–Crippen LogP) is 3.09. The smallest absolute Gasteiger partial charge is 0.340 e. The number of amides is 1. The Balaban J connectivity index is 1.35. The van der Waals surface area contributed by atoms with Crippen molar-refractivity contribution >= 4 is 40.5 Å². The van der Waals surface area contributed by atoms with Gasteiger partial charge in [0, 0.05) is 41.1 Å². The number of nitro groups is 1. The van der Waals surface area contributed by atoms with E-state index in [0.29, 0.717) is 30.6 Å². The van der Waals surface area contributed by atoms with Gasteiger partial charge in [0.15, 0.2) is 18.2 Å². The Labute approximate surface area is 204 Å². The van der Waals surface area contributed by atoms with Gasteiger partial charge in [0.1, 0.15) is 0 Å². The van der Waals surface area contributed by atoms with Crippen LogP contribution in [0.25, 0.3) is 0 Å². The van der Waals surface area contributed by atoms with Crippen LogP contribution in [0.2, 0.25) is 0 Å². The summed E-state index contributed by atoms with van der Waals surface area (Å²) in [6.07, 6.45) is 1.19. The van der Waals surface area contributed by atoms with Crippen LogP contribution in [-0.2, 0) is 16.0 Å². The topological polar surface area (TPSA) is 150 Å². The molecule has 3 aromatic carbocycles. The molecule has 0 radical (unpaired) electrons. The van der Waals surface area contributed by atoms with Crippen molar-refractivity contribution in [2.24, 2.45) is 0 Å². The molecule has 2 aliphatic rings. The third-order valence-electron chi connectivity index (χ3n) is 6.37. The van der Waals surface area contributed by atoms with Gasteiger partial charge in [-0.15, -0.1) is 0 Å². The predicted molar refractivity (Wildman–Crippen MR) is 128 cm³/mol. The van der Waals surface area contributed by atoms with Crippen LogP contribution in [0.5, 0.6) is 0 Å². The molecular weight excluding hydrogens is 466 g/mol. The Morgan fingerprint density at radius 1 is 1.00 bits per heavy atom. The minimum Gasteiger partial charge on any atom is -0.452 e. The second kappa shape index (κ2) is 8.73. The molecular formula is C26H19N3O7. The highest BCUT2D eigenvalue weighted by atomic mass is 16.6. The Kier molecular flexibility index (Phi) is 5.56. The maximum absolute atomic E-state index is 13.0. The van der Waals surface area contributed by atoms with Crippen molar-refractivity contribution in [3.05, 3.63) is 98.1 Å². The van der Waals surface area contributed by atoms with Crippen molar-refractivity contribution in [1.29, 1.82) is 0 Å². The zero-order chi connectivity index (χ0) is 25.6. The molecule has 0 unspecified atom stereocenters. The Morgan fingerprint density at radius 2 is 1.72 bits per heavy atom. The number of non-ortho nitro benzene ring substituents is 1. The van der Waals surface area contributed by atoms with Crippen molar-refractivity contribution < 1.29 is 28.8 Å². The van der Waals surface area contributed by atoms with E-state index in [0.717, 1.165) is 0 Å². The van der Waals surface area contributed by atoms with Gasteiger partial charge in [-0.3, -0.25) is 24.5 Å². The fourth-order valence-corrected chi connectivity index (χ4v) is 4.63. The van der Waals surface area contributed by atoms with E-state index in [4.69, 9.17) is 10.5 Å². The summed E-state index contributed by atoms with van der Waals surface area (Å²) in [4.78, 5) is 63.5. The molecule has 0 aromatic heterocycles. The Bertz CT molecular complexity index is 1490. The van der Waals surface area contributed by atoms with Gasteiger partial charge in [0.25, 0.3) is 11.6 Å². The molecule has 2 N–H and O–H groups in total. The molecule has 10 nitrogen and oxygen atoms in total. The van der Waals surface area contributed by atoms with E-state index in [1.54, 1.807) is 18.2 Å². The summed E-state index contributed by atoms with van der Waals surface area (Å²) >= 11 is 0. The van der Waals surface area contributed by atoms with Crippen LogP contribution in [0.3, 0.4) is 0 Å². The van der Waals surface area contributed by atoms with Gasteiger partial charge >= 0.3 is 5.97 Å². The maximum Gasteiger partial charge on any atom is 0.340 e. The fourth-order valence-electron chi connectivity index (χ4n) is 4.63. The van der Waals surface area contributed by atoms with E-state index in [2.05, 4.69) is 0 Å². The van der Waals surface area contributed by atoms with Gasteiger partial charge in [-0.25, -0.2) is 4.79 Å². The van der Waals surface area contributed by atoms with Crippen molar-refractivity contribution in [2.75, 3.05) is 23.8 Å². The average molecular weight is 485 g/mol. The number of hydrogen-bond acceptors (Lipinski definition) is 8. The third-order valence-corrected chi connectivity index (χ3v) is 6.37. The molecule has 1 aliphatic carbocycles. The molecule has 3 aromatic rings. The number of carbonyl (C=O) groups is 4. The summed E-state index contributed by atoms with van der Waals surface area (Å²) in [5.74, 6) is -2.26. The number of nitro benzene ring substituents is 1. The summed E-state index contributed by atoms with van der Waals surface area (Å²) in [6, 6.07) is 13.3. The highest BCUT2D eigenvalue weighted by molar-refractivity contribution is 6.30. The van der Waals surface area contributed by atoms with Crippen LogP contribution in [0.4, 0.5) is 17.1 Å². The second-order valence-corrected chi connectivity index (χ2v) is 8.45. The number of nitrogen functional groups attached to an aromatic ring is 1. The molecule has 0 spiro atoms. The van der Waals surface area contributed by atoms with E-state index in [9.17, 15) is 29.3 Å². The number of rotatable bonds is 4. The number of nitrogens with zero attached hydrogens (tertiary/aromatic N) is 2. The van der Waals surface area contributed by atoms with E-state index in [-0.39, 0.29) is 45.0 Å². The molecule has 1 heterocycles. The van der Waals surface area contributed by atoms with Gasteiger partial charge in [0.2, 0.25) is 0 Å². The lowest BCUT2D eigenvalue weighted by molar-refractivity contribution is -0.384. The first-order valence-electron chi connectivity index (χ1n) is 11.1. The molecule has 180 valence electrons. The SMILES string of the molecule is Nc1c(C(=O)OCC(=O)N2CCCc3cc([N+](=O)[O-])ccc32)ccc2c1C(=O)c1ccccc1C2=O. The van der Waals surface area contributed by atoms with Gasteiger partial charge in [-0.05, 0) is 36.6 Å². The lowest BCUT2D eigenvalue weighted by Crippen LogP contribution is -2.38. The van der Waals surface area contributed by atoms with Gasteiger partial charge in [-0.2, -0.15) is 0 Å². The van der Waals surface area contributed by atoms with Crippen LogP contribution in [-0.4, -0.2) is 41.5 Å². The van der Waals surface area contributed by atoms with E-state index in [1.807, 2.05) is 0 Å². The largest absolute Gasteiger partial charge is 0.452 e. The number of anilines is 2. The van der Waals surface area contributed by atoms with E-state index < -0.39 is 29.2 Å². The van der Waals surface area contributed by atoms with Crippen molar-refractivity contribution in [1.82, 2.24) is 0 Å². The quantitative estimate of drug-likeness (QED) is 0.200. The number of benzene rings is 3. The zero-order valence-electron chi connectivity index (χ0n) is 18.9. The van der Waals surface area contributed by atoms with Crippen molar-refractivity contribution in [3.63, 3.8) is 0 Å². The van der Waals surface area contributed by atoms with Crippen LogP contribution in [0, 0.1) is 10.1 Å². The minimum atomic E-state index is -0.913. The molecule has 0 bridgehead atoms. The number of esters is 1. The molecule has 0 fully saturated rings. The number of nitrogens with two attached hydrogens (primary N) is 1. The number of aryl methyl sites for hydroxylation is 1. The summed E-state index contributed by atoms with van der Waals surface area (Å²) in [5, 5.41) is 11.0. The lowest BCUT2D eigenvalue weighted by atomic mass is 9.82. The highest BCUT2D eigenvalue weighted by Gasteiger charge is 2.33. The fraction of sp³-hybridized carbons (Fsp3) is 0.154. The summed E-state index contributed by atoms with van der Waals surface area (Å²) < 4.78 is 5.21. The van der Waals surface area contributed by atoms with Gasteiger partial charge < -0.3 is 15.4 Å². The summed E-state index contributed by atoms with van der Waals surface area (Å²) in [5.41, 5.74) is 7.46. The lowest BCUT2D eigenvalue weighted by Gasteiger charge is -2.29. The second-order valence-electron chi connectivity index (χ2n) is 8.45. The Hall–Kier alpha value is -4.86. The normalized spacial score (nSPS) is 13.9. The van der Waals surface area contributed by atoms with Crippen LogP contribution in [0.1, 0.15) is 54.2 Å². The number of ketones is 2. The number of fused-ring (bicyclic) bond motifs is 3. The minimum absolute atomic E-state index is 0.0620.